The van der Waals surface area contributed by atoms with Crippen LogP contribution in [0.1, 0.15) is 29.5 Å². The molecule has 1 N–H and O–H groups in total. The van der Waals surface area contributed by atoms with Crippen LogP contribution in [0.15, 0.2) is 36.4 Å². The summed E-state index contributed by atoms with van der Waals surface area (Å²) in [6.45, 7) is 0.514. The predicted molar refractivity (Wildman–Crippen MR) is 106 cm³/mol. The summed E-state index contributed by atoms with van der Waals surface area (Å²) in [6.07, 6.45) is -0.946. The van der Waals surface area contributed by atoms with Crippen LogP contribution in [0.25, 0.3) is 12.2 Å². The summed E-state index contributed by atoms with van der Waals surface area (Å²) in [7, 11) is 1.34. The maximum Gasteiger partial charge on any atom is 0.417 e. The maximum absolute atomic E-state index is 13.2. The van der Waals surface area contributed by atoms with Crippen LogP contribution in [0, 0.1) is 0 Å². The first-order valence-electron chi connectivity index (χ1n) is 8.93. The third-order valence-corrected chi connectivity index (χ3v) is 4.85. The van der Waals surface area contributed by atoms with E-state index in [1.54, 1.807) is 24.3 Å². The van der Waals surface area contributed by atoms with Crippen molar-refractivity contribution in [3.05, 3.63) is 58.1 Å². The molecule has 3 rings (SSSR count). The minimum absolute atomic E-state index is 0.0314. The van der Waals surface area contributed by atoms with Gasteiger partial charge in [0, 0.05) is 17.0 Å². The van der Waals surface area contributed by atoms with E-state index in [-0.39, 0.29) is 29.1 Å². The number of benzene rings is 2. The normalized spacial score (nSPS) is 16.1. The molecule has 154 valence electrons. The SMILES string of the molecule is COC(=O)CC[C@H]1CNc2cc(/C=C/c3c(Cl)cccc3C(F)(F)F)ccc2O1. The van der Waals surface area contributed by atoms with Crippen molar-refractivity contribution in [1.82, 2.24) is 0 Å². The molecule has 2 aromatic rings. The summed E-state index contributed by atoms with van der Waals surface area (Å²) in [6, 6.07) is 8.97. The number of anilines is 1. The van der Waals surface area contributed by atoms with Gasteiger partial charge in [-0.3, -0.25) is 4.79 Å². The zero-order valence-corrected chi connectivity index (χ0v) is 16.3. The topological polar surface area (TPSA) is 47.6 Å². The van der Waals surface area contributed by atoms with Crippen molar-refractivity contribution >= 4 is 35.4 Å². The Morgan fingerprint density at radius 3 is 2.83 bits per heavy atom. The molecule has 0 radical (unpaired) electrons. The van der Waals surface area contributed by atoms with Gasteiger partial charge in [-0.1, -0.05) is 35.9 Å². The van der Waals surface area contributed by atoms with Crippen LogP contribution < -0.4 is 10.1 Å². The Morgan fingerprint density at radius 1 is 1.31 bits per heavy atom. The first-order chi connectivity index (χ1) is 13.8. The van der Waals surface area contributed by atoms with E-state index in [1.807, 2.05) is 0 Å². The number of esters is 1. The van der Waals surface area contributed by atoms with Gasteiger partial charge in [0.2, 0.25) is 0 Å². The molecule has 0 bridgehead atoms. The average molecular weight is 426 g/mol. The van der Waals surface area contributed by atoms with E-state index in [0.29, 0.717) is 24.3 Å². The second-order valence-electron chi connectivity index (χ2n) is 6.52. The van der Waals surface area contributed by atoms with Crippen molar-refractivity contribution in [3.63, 3.8) is 0 Å². The third kappa shape index (κ3) is 5.23. The minimum atomic E-state index is -4.49. The van der Waals surface area contributed by atoms with Gasteiger partial charge in [0.1, 0.15) is 11.9 Å². The van der Waals surface area contributed by atoms with Crippen molar-refractivity contribution in [2.75, 3.05) is 19.0 Å². The fourth-order valence-corrected chi connectivity index (χ4v) is 3.25. The van der Waals surface area contributed by atoms with Crippen LogP contribution in [-0.4, -0.2) is 25.7 Å². The fraction of sp³-hybridized carbons (Fsp3) is 0.286. The third-order valence-electron chi connectivity index (χ3n) is 4.52. The van der Waals surface area contributed by atoms with E-state index < -0.39 is 11.7 Å². The van der Waals surface area contributed by atoms with Gasteiger partial charge in [-0.25, -0.2) is 0 Å². The van der Waals surface area contributed by atoms with E-state index in [9.17, 15) is 18.0 Å². The number of carbonyl (C=O) groups excluding carboxylic acids is 1. The molecule has 29 heavy (non-hydrogen) atoms. The second-order valence-corrected chi connectivity index (χ2v) is 6.93. The van der Waals surface area contributed by atoms with Crippen molar-refractivity contribution < 1.29 is 27.4 Å². The Morgan fingerprint density at radius 2 is 2.10 bits per heavy atom. The maximum atomic E-state index is 13.2. The number of rotatable bonds is 5. The first kappa shape index (κ1) is 21.0. The number of alkyl halides is 3. The highest BCUT2D eigenvalue weighted by Crippen LogP contribution is 2.36. The molecule has 4 nitrogen and oxygen atoms in total. The first-order valence-corrected chi connectivity index (χ1v) is 9.31. The Balaban J connectivity index is 1.75. The molecular formula is C21H19ClF3NO3. The molecule has 0 aromatic heterocycles. The van der Waals surface area contributed by atoms with Gasteiger partial charge in [-0.2, -0.15) is 13.2 Å². The zero-order valence-electron chi connectivity index (χ0n) is 15.6. The van der Waals surface area contributed by atoms with E-state index >= 15 is 0 Å². The molecule has 1 aliphatic rings. The highest BCUT2D eigenvalue weighted by Gasteiger charge is 2.33. The Kier molecular flexibility index (Phi) is 6.37. The molecule has 0 spiro atoms. The molecule has 0 aliphatic carbocycles. The van der Waals surface area contributed by atoms with Gasteiger partial charge in [0.25, 0.3) is 0 Å². The van der Waals surface area contributed by atoms with Crippen LogP contribution in [0.5, 0.6) is 5.75 Å². The largest absolute Gasteiger partial charge is 0.486 e. The predicted octanol–water partition coefficient (Wildman–Crippen LogP) is 5.66. The molecule has 2 aromatic carbocycles. The Labute approximate surface area is 171 Å². The monoisotopic (exact) mass is 425 g/mol. The van der Waals surface area contributed by atoms with Gasteiger partial charge >= 0.3 is 12.1 Å². The number of hydrogen-bond donors (Lipinski definition) is 1. The van der Waals surface area contributed by atoms with Crippen molar-refractivity contribution in [2.24, 2.45) is 0 Å². The van der Waals surface area contributed by atoms with Crippen molar-refractivity contribution in [2.45, 2.75) is 25.1 Å². The minimum Gasteiger partial charge on any atom is -0.486 e. The summed E-state index contributed by atoms with van der Waals surface area (Å²) in [4.78, 5) is 11.3. The molecule has 1 aliphatic heterocycles. The van der Waals surface area contributed by atoms with Gasteiger partial charge < -0.3 is 14.8 Å². The summed E-state index contributed by atoms with van der Waals surface area (Å²) < 4.78 is 50.1. The molecule has 0 saturated carbocycles. The summed E-state index contributed by atoms with van der Waals surface area (Å²) in [5.41, 5.74) is 0.568. The standard InChI is InChI=1S/C21H19ClF3NO3/c1-28-20(27)10-7-14-12-26-18-11-13(6-9-19(18)29-14)5-8-15-16(21(23,24)25)3-2-4-17(15)22/h2-6,8-9,11,14,26H,7,10,12H2,1H3/b8-5+/t14-/m0/s1. The number of methoxy groups -OCH3 is 1. The number of nitrogens with one attached hydrogen (secondary N) is 1. The van der Waals surface area contributed by atoms with Crippen LogP contribution in [0.3, 0.4) is 0 Å². The number of fused-ring (bicyclic) bond motifs is 1. The van der Waals surface area contributed by atoms with Crippen LogP contribution in [0.2, 0.25) is 5.02 Å². The second kappa shape index (κ2) is 8.78. The molecule has 0 amide bonds. The highest BCUT2D eigenvalue weighted by atomic mass is 35.5. The van der Waals surface area contributed by atoms with E-state index in [1.165, 1.54) is 25.3 Å². The molecule has 1 heterocycles. The summed E-state index contributed by atoms with van der Waals surface area (Å²) >= 11 is 5.98. The number of hydrogen-bond acceptors (Lipinski definition) is 4. The lowest BCUT2D eigenvalue weighted by atomic mass is 10.0. The quantitative estimate of drug-likeness (QED) is 0.496. The van der Waals surface area contributed by atoms with Crippen LogP contribution >= 0.6 is 11.6 Å². The van der Waals surface area contributed by atoms with Crippen LogP contribution in [-0.2, 0) is 15.7 Å². The smallest absolute Gasteiger partial charge is 0.417 e. The average Bonchev–Trinajstić information content (AvgIpc) is 2.70. The zero-order chi connectivity index (χ0) is 21.0. The molecule has 0 fully saturated rings. The number of ether oxygens (including phenoxy) is 2. The molecule has 0 saturated heterocycles. The molecule has 1 atom stereocenters. The highest BCUT2D eigenvalue weighted by molar-refractivity contribution is 6.32. The lowest BCUT2D eigenvalue weighted by molar-refractivity contribution is -0.141. The summed E-state index contributed by atoms with van der Waals surface area (Å²) in [5, 5.41) is 3.25. The fourth-order valence-electron chi connectivity index (χ4n) is 3.01. The van der Waals surface area contributed by atoms with E-state index in [4.69, 9.17) is 16.3 Å². The number of halogens is 4. The van der Waals surface area contributed by atoms with Gasteiger partial charge in [0.05, 0.1) is 24.9 Å². The Hall–Kier alpha value is -2.67. The molecule has 8 heteroatoms. The van der Waals surface area contributed by atoms with E-state index in [2.05, 4.69) is 10.1 Å². The van der Waals surface area contributed by atoms with Crippen molar-refractivity contribution in [1.29, 1.82) is 0 Å². The van der Waals surface area contributed by atoms with Gasteiger partial charge in [-0.05, 0) is 36.2 Å². The van der Waals surface area contributed by atoms with Gasteiger partial charge in [0.15, 0.2) is 0 Å². The van der Waals surface area contributed by atoms with Crippen molar-refractivity contribution in [3.8, 4) is 5.75 Å². The van der Waals surface area contributed by atoms with E-state index in [0.717, 1.165) is 11.8 Å². The lowest BCUT2D eigenvalue weighted by Gasteiger charge is -2.27. The summed E-state index contributed by atoms with van der Waals surface area (Å²) in [5.74, 6) is 0.328. The van der Waals surface area contributed by atoms with Crippen LogP contribution in [0.4, 0.5) is 18.9 Å². The molecule has 0 unspecified atom stereocenters. The molecular weight excluding hydrogens is 407 g/mol. The van der Waals surface area contributed by atoms with Gasteiger partial charge in [-0.15, -0.1) is 0 Å². The Bertz CT molecular complexity index is 928. The lowest BCUT2D eigenvalue weighted by Crippen LogP contribution is -2.31. The number of carbonyl (C=O) groups is 1.